The number of aromatic nitrogens is 2. The van der Waals surface area contributed by atoms with Crippen LogP contribution in [0, 0.1) is 6.92 Å². The summed E-state index contributed by atoms with van der Waals surface area (Å²) in [6.45, 7) is 3.25. The number of carbonyl (C=O) groups is 2. The van der Waals surface area contributed by atoms with E-state index in [1.165, 1.54) is 14.0 Å². The van der Waals surface area contributed by atoms with Crippen LogP contribution in [0.1, 0.15) is 28.9 Å². The minimum Gasteiger partial charge on any atom is -0.469 e. The summed E-state index contributed by atoms with van der Waals surface area (Å²) in [4.78, 5) is 26.4. The van der Waals surface area contributed by atoms with E-state index in [2.05, 4.69) is 9.72 Å². The van der Waals surface area contributed by atoms with Crippen molar-refractivity contribution in [3.63, 3.8) is 0 Å². The third kappa shape index (κ3) is 2.23. The van der Waals surface area contributed by atoms with Crippen LogP contribution < -0.4 is 0 Å². The van der Waals surface area contributed by atoms with E-state index in [9.17, 15) is 9.59 Å². The molecule has 0 saturated carbocycles. The van der Waals surface area contributed by atoms with Gasteiger partial charge in [-0.15, -0.1) is 0 Å². The lowest BCUT2D eigenvalue weighted by molar-refractivity contribution is -0.139. The highest BCUT2D eigenvalue weighted by molar-refractivity contribution is 5.93. The van der Waals surface area contributed by atoms with E-state index >= 15 is 0 Å². The van der Waals surface area contributed by atoms with Gasteiger partial charge in [-0.3, -0.25) is 9.59 Å². The van der Waals surface area contributed by atoms with Gasteiger partial charge in [0.05, 0.1) is 7.11 Å². The van der Waals surface area contributed by atoms with E-state index in [0.717, 1.165) is 5.69 Å². The number of esters is 1. The van der Waals surface area contributed by atoms with Crippen LogP contribution in [0.5, 0.6) is 0 Å². The van der Waals surface area contributed by atoms with Gasteiger partial charge in [-0.25, -0.2) is 4.98 Å². The molecule has 0 fully saturated rings. The van der Waals surface area contributed by atoms with Gasteiger partial charge in [-0.1, -0.05) is 0 Å². The van der Waals surface area contributed by atoms with Crippen molar-refractivity contribution in [2.75, 3.05) is 7.11 Å². The number of imidazole rings is 1. The topological polar surface area (TPSA) is 61.2 Å². The summed E-state index contributed by atoms with van der Waals surface area (Å²) in [5, 5.41) is 0. The van der Waals surface area contributed by atoms with Crippen LogP contribution in [0.4, 0.5) is 0 Å². The highest BCUT2D eigenvalue weighted by Gasteiger charge is 2.16. The SMILES string of the molecule is COC(=O)Cc1nc(C(C)=O)c(C)n1C. The Morgan fingerprint density at radius 1 is 1.47 bits per heavy atom. The third-order valence-electron chi connectivity index (χ3n) is 2.34. The first-order valence-corrected chi connectivity index (χ1v) is 4.57. The maximum atomic E-state index is 11.2. The second-order valence-electron chi connectivity index (χ2n) is 3.33. The van der Waals surface area contributed by atoms with Crippen molar-refractivity contribution in [2.45, 2.75) is 20.3 Å². The number of hydrogen-bond acceptors (Lipinski definition) is 4. The number of hydrogen-bond donors (Lipinski definition) is 0. The molecule has 5 heteroatoms. The Labute approximate surface area is 88.1 Å². The van der Waals surface area contributed by atoms with Crippen LogP contribution >= 0.6 is 0 Å². The van der Waals surface area contributed by atoms with E-state index in [4.69, 9.17) is 0 Å². The molecule has 0 bridgehead atoms. The monoisotopic (exact) mass is 210 g/mol. The molecular weight excluding hydrogens is 196 g/mol. The molecule has 0 unspecified atom stereocenters. The molecule has 0 spiro atoms. The summed E-state index contributed by atoms with van der Waals surface area (Å²) in [6, 6.07) is 0. The van der Waals surface area contributed by atoms with Crippen molar-refractivity contribution < 1.29 is 14.3 Å². The average molecular weight is 210 g/mol. The average Bonchev–Trinajstić information content (AvgIpc) is 2.46. The zero-order valence-corrected chi connectivity index (χ0v) is 9.33. The van der Waals surface area contributed by atoms with Gasteiger partial charge in [-0.05, 0) is 6.92 Å². The van der Waals surface area contributed by atoms with Crippen molar-refractivity contribution >= 4 is 11.8 Å². The van der Waals surface area contributed by atoms with Crippen LogP contribution in [0.3, 0.4) is 0 Å². The highest BCUT2D eigenvalue weighted by Crippen LogP contribution is 2.10. The Kier molecular flexibility index (Phi) is 3.24. The second kappa shape index (κ2) is 4.25. The predicted molar refractivity (Wildman–Crippen MR) is 53.7 cm³/mol. The van der Waals surface area contributed by atoms with Gasteiger partial charge in [0.1, 0.15) is 17.9 Å². The number of carbonyl (C=O) groups excluding carboxylic acids is 2. The Balaban J connectivity index is 3.05. The van der Waals surface area contributed by atoms with Gasteiger partial charge >= 0.3 is 5.97 Å². The molecule has 82 valence electrons. The summed E-state index contributed by atoms with van der Waals surface area (Å²) in [6.07, 6.45) is 0.0844. The van der Waals surface area contributed by atoms with Crippen molar-refractivity contribution in [1.82, 2.24) is 9.55 Å². The van der Waals surface area contributed by atoms with Gasteiger partial charge in [0, 0.05) is 19.7 Å². The van der Waals surface area contributed by atoms with E-state index in [1.807, 2.05) is 0 Å². The minimum absolute atomic E-state index is 0.0844. The van der Waals surface area contributed by atoms with Crippen LogP contribution in [-0.4, -0.2) is 28.4 Å². The Morgan fingerprint density at radius 3 is 2.47 bits per heavy atom. The lowest BCUT2D eigenvalue weighted by atomic mass is 10.3. The smallest absolute Gasteiger partial charge is 0.313 e. The maximum absolute atomic E-state index is 11.2. The molecule has 5 nitrogen and oxygen atoms in total. The standard InChI is InChI=1S/C10H14N2O3/c1-6-10(7(2)13)11-8(12(6)3)5-9(14)15-4/h5H2,1-4H3. The van der Waals surface area contributed by atoms with Crippen LogP contribution in [0.15, 0.2) is 0 Å². The number of ketones is 1. The van der Waals surface area contributed by atoms with Crippen molar-refractivity contribution in [3.8, 4) is 0 Å². The van der Waals surface area contributed by atoms with Gasteiger partial charge in [-0.2, -0.15) is 0 Å². The Hall–Kier alpha value is -1.65. The first-order chi connectivity index (χ1) is 6.97. The highest BCUT2D eigenvalue weighted by atomic mass is 16.5. The molecule has 1 aromatic heterocycles. The van der Waals surface area contributed by atoms with E-state index in [1.54, 1.807) is 18.5 Å². The van der Waals surface area contributed by atoms with E-state index < -0.39 is 0 Å². The fraction of sp³-hybridized carbons (Fsp3) is 0.500. The van der Waals surface area contributed by atoms with Crippen LogP contribution in [0.25, 0.3) is 0 Å². The largest absolute Gasteiger partial charge is 0.469 e. The molecule has 0 aromatic carbocycles. The van der Waals surface area contributed by atoms with Crippen LogP contribution in [-0.2, 0) is 23.0 Å². The van der Waals surface area contributed by atoms with Gasteiger partial charge in [0.2, 0.25) is 0 Å². The quantitative estimate of drug-likeness (QED) is 0.542. The summed E-state index contributed by atoms with van der Waals surface area (Å²) in [5.74, 6) is 0.0852. The van der Waals surface area contributed by atoms with Gasteiger partial charge in [0.15, 0.2) is 5.78 Å². The first kappa shape index (κ1) is 11.4. The molecule has 1 heterocycles. The molecule has 0 amide bonds. The molecule has 0 saturated heterocycles. The molecule has 1 rings (SSSR count). The van der Waals surface area contributed by atoms with E-state index in [0.29, 0.717) is 11.5 Å². The zero-order valence-electron chi connectivity index (χ0n) is 9.33. The summed E-state index contributed by atoms with van der Waals surface area (Å²) in [7, 11) is 3.09. The van der Waals surface area contributed by atoms with Gasteiger partial charge in [0.25, 0.3) is 0 Å². The molecule has 0 atom stereocenters. The Morgan fingerprint density at radius 2 is 2.07 bits per heavy atom. The Bertz CT molecular complexity index is 407. The summed E-state index contributed by atoms with van der Waals surface area (Å²) < 4.78 is 6.27. The number of ether oxygens (including phenoxy) is 1. The van der Waals surface area contributed by atoms with Crippen molar-refractivity contribution in [1.29, 1.82) is 0 Å². The summed E-state index contributed by atoms with van der Waals surface area (Å²) >= 11 is 0. The predicted octanol–water partition coefficient (Wildman–Crippen LogP) is 0.647. The van der Waals surface area contributed by atoms with Crippen molar-refractivity contribution in [3.05, 3.63) is 17.2 Å². The van der Waals surface area contributed by atoms with Crippen molar-refractivity contribution in [2.24, 2.45) is 7.05 Å². The fourth-order valence-electron chi connectivity index (χ4n) is 1.33. The molecule has 0 aliphatic rings. The second-order valence-corrected chi connectivity index (χ2v) is 3.33. The lowest BCUT2D eigenvalue weighted by Crippen LogP contribution is -2.09. The first-order valence-electron chi connectivity index (χ1n) is 4.57. The molecule has 15 heavy (non-hydrogen) atoms. The number of nitrogens with zero attached hydrogens (tertiary/aromatic N) is 2. The minimum atomic E-state index is -0.363. The molecular formula is C10H14N2O3. The maximum Gasteiger partial charge on any atom is 0.313 e. The lowest BCUT2D eigenvalue weighted by Gasteiger charge is -2.01. The van der Waals surface area contributed by atoms with Crippen LogP contribution in [0.2, 0.25) is 0 Å². The molecule has 0 radical (unpaired) electrons. The fourth-order valence-corrected chi connectivity index (χ4v) is 1.33. The zero-order chi connectivity index (χ0) is 11.6. The normalized spacial score (nSPS) is 10.1. The molecule has 0 aliphatic carbocycles. The molecule has 0 N–H and O–H groups in total. The third-order valence-corrected chi connectivity index (χ3v) is 2.34. The number of Topliss-reactive ketones (excluding diaryl/α,β-unsaturated/α-hetero) is 1. The summed E-state index contributed by atoms with van der Waals surface area (Å²) in [5.41, 5.74) is 1.18. The van der Waals surface area contributed by atoms with Gasteiger partial charge < -0.3 is 9.30 Å². The number of methoxy groups -OCH3 is 1. The molecule has 0 aliphatic heterocycles. The number of rotatable bonds is 3. The molecule has 1 aromatic rings. The van der Waals surface area contributed by atoms with E-state index in [-0.39, 0.29) is 18.2 Å².